The van der Waals surface area contributed by atoms with E-state index in [0.717, 1.165) is 91.1 Å². The van der Waals surface area contributed by atoms with E-state index in [-0.39, 0.29) is 48.1 Å². The van der Waals surface area contributed by atoms with E-state index in [1.54, 1.807) is 67.1 Å². The van der Waals surface area contributed by atoms with E-state index in [9.17, 15) is 51.5 Å². The Morgan fingerprint density at radius 2 is 0.713 bits per heavy atom. The van der Waals surface area contributed by atoms with E-state index >= 15 is 0 Å². The number of hydrogen-bond acceptors (Lipinski definition) is 18. The second kappa shape index (κ2) is 50.1. The number of pyridine rings is 5. The number of carbonyl (C=O) groups is 4. The highest BCUT2D eigenvalue weighted by molar-refractivity contribution is 6.29. The van der Waals surface area contributed by atoms with Gasteiger partial charge in [-0.2, -0.15) is 4.73 Å². The molecule has 115 heavy (non-hydrogen) atoms. The van der Waals surface area contributed by atoms with E-state index in [2.05, 4.69) is 83.0 Å². The van der Waals surface area contributed by atoms with Crippen LogP contribution in [0.2, 0.25) is 10.3 Å². The average molecular weight is 1630 g/mol. The van der Waals surface area contributed by atoms with E-state index in [1.807, 2.05) is 49.2 Å². The molecule has 0 saturated heterocycles. The number of nitrogens with one attached hydrogen (secondary N) is 2. The standard InChI is InChI=1S/C18H23FN3O3.C18H22FN3O2.C16H20FN3.C14H12ClFN2O3.C14H12ClFN2O2.C4H11N/c1-4-20(5-2)17-11-6-14(13-22(17)24)12-21(18(23)25-3)16-9-7-15(19)8-10-16;1-4-21(5-2)17-11-6-14(12-20-17)13-22(18(23)24-3)16-9-7-15(19)8-10-16;1-3-20(4-2)16-10-5-13(12-19-16)11-18-15-8-6-14(17)7-9-15;1-21-14(19)17(12-5-3-11(16)4-6-12)8-10-2-7-13(15)18(20)9-10;1-20-14(19)18(12-5-3-11(16)4-6-12)9-10-2-7-13(15)17-8-10;1-3-5-4-2/h6-11,13,24H,4-5,12H2,1-3H3;6-12H,4-5,13H2,1-3H3;5-10,12,18H,3-4,11H2,1-2H3;2-7,9H,8H2,1H3;2-8H,9H2,1H3;5H,3-4H2,1-2H3/q+1;;;;;. The van der Waals surface area contributed by atoms with Crippen LogP contribution >= 0.6 is 23.2 Å². The highest BCUT2D eigenvalue weighted by Crippen LogP contribution is 2.25. The number of rotatable bonds is 26. The van der Waals surface area contributed by atoms with Crippen molar-refractivity contribution < 1.29 is 74.7 Å². The maximum atomic E-state index is 13.1. The number of aromatic nitrogens is 5. The van der Waals surface area contributed by atoms with Crippen LogP contribution in [0.15, 0.2) is 213 Å². The van der Waals surface area contributed by atoms with Gasteiger partial charge >= 0.3 is 30.2 Å². The number of methoxy groups -OCH3 is 4. The SMILES string of the molecule is CCN(CC)c1ccc(CN(C(=O)OC)c2ccc(F)cc2)c[n+]1O.CCN(CC)c1ccc(CN(C(=O)OC)c2ccc(F)cc2)cn1.CCN(CC)c1ccc(CNc2ccc(F)cc2)cn1.CCNCC.COC(=O)N(Cc1ccc(Cl)[n+]([O-])c1)c1ccc(F)cc1.COC(=O)N(Cc1ccc(Cl)nc1)c1ccc(F)cc1. The molecule has 10 aromatic rings. The van der Waals surface area contributed by atoms with E-state index in [1.165, 1.54) is 157 Å². The lowest BCUT2D eigenvalue weighted by molar-refractivity contribution is -0.894. The monoisotopic (exact) mass is 1630 g/mol. The van der Waals surface area contributed by atoms with Gasteiger partial charge in [-0.15, -0.1) is 0 Å². The third kappa shape index (κ3) is 31.1. The van der Waals surface area contributed by atoms with Gasteiger partial charge in [-0.3, -0.25) is 24.5 Å². The quantitative estimate of drug-likeness (QED) is 0.0114. The van der Waals surface area contributed by atoms with Gasteiger partial charge in [0.1, 0.15) is 52.1 Å². The zero-order valence-corrected chi connectivity index (χ0v) is 68.0. The van der Waals surface area contributed by atoms with Crippen molar-refractivity contribution in [1.29, 1.82) is 0 Å². The van der Waals surface area contributed by atoms with Crippen LogP contribution in [0.3, 0.4) is 0 Å². The molecule has 0 saturated carbocycles. The zero-order chi connectivity index (χ0) is 84.4. The lowest BCUT2D eigenvalue weighted by Gasteiger charge is -2.22. The average Bonchev–Trinajstić information content (AvgIpc) is 0.832. The van der Waals surface area contributed by atoms with E-state index in [4.69, 9.17) is 42.1 Å². The van der Waals surface area contributed by atoms with E-state index < -0.39 is 30.2 Å². The molecule has 0 spiro atoms. The number of ether oxygens (including phenoxy) is 4. The second-order valence-electron chi connectivity index (χ2n) is 24.4. The molecule has 0 fully saturated rings. The van der Waals surface area contributed by atoms with Gasteiger partial charge in [-0.25, -0.2) is 56.1 Å². The minimum absolute atomic E-state index is 0.0325. The summed E-state index contributed by atoms with van der Waals surface area (Å²) >= 11 is 11.4. The topological polar surface area (TPSA) is 242 Å². The highest BCUT2D eigenvalue weighted by atomic mass is 35.5. The number of halogens is 7. The van der Waals surface area contributed by atoms with Gasteiger partial charge in [0.25, 0.3) is 5.15 Å². The lowest BCUT2D eigenvalue weighted by Crippen LogP contribution is -2.41. The minimum Gasteiger partial charge on any atom is -0.618 e. The summed E-state index contributed by atoms with van der Waals surface area (Å²) in [6.07, 6.45) is 5.78. The van der Waals surface area contributed by atoms with E-state index in [0.29, 0.717) is 62.7 Å². The number of hydrogen-bond donors (Lipinski definition) is 3. The molecule has 0 aliphatic heterocycles. The fourth-order valence-corrected chi connectivity index (χ4v) is 11.0. The third-order valence-corrected chi connectivity index (χ3v) is 17.4. The maximum Gasteiger partial charge on any atom is 0.414 e. The Morgan fingerprint density at radius 3 is 1.01 bits per heavy atom. The Hall–Kier alpha value is -12.1. The Bertz CT molecular complexity index is 4510. The lowest BCUT2D eigenvalue weighted by atomic mass is 10.2. The highest BCUT2D eigenvalue weighted by Gasteiger charge is 2.24. The predicted molar refractivity (Wildman–Crippen MR) is 441 cm³/mol. The largest absolute Gasteiger partial charge is 0.618 e. The Labute approximate surface area is 679 Å². The predicted octanol–water partition coefficient (Wildman–Crippen LogP) is 17.6. The summed E-state index contributed by atoms with van der Waals surface area (Å²) in [6.45, 7) is 25.5. The minimum atomic E-state index is -0.617. The van der Waals surface area contributed by atoms with Crippen LogP contribution in [-0.4, -0.2) is 125 Å². The molecule has 0 atom stereocenters. The number of carbonyl (C=O) groups excluding carboxylic acids is 4. The Balaban J connectivity index is 0.000000253. The molecule has 4 amide bonds. The number of amides is 4. The molecule has 614 valence electrons. The molecule has 0 aliphatic carbocycles. The summed E-state index contributed by atoms with van der Waals surface area (Å²) < 4.78 is 85.6. The first-order valence-electron chi connectivity index (χ1n) is 36.8. The Kier molecular flexibility index (Phi) is 40.8. The van der Waals surface area contributed by atoms with Crippen LogP contribution in [0, 0.1) is 34.3 Å². The molecule has 10 rings (SSSR count). The van der Waals surface area contributed by atoms with Crippen molar-refractivity contribution in [2.24, 2.45) is 0 Å². The maximum absolute atomic E-state index is 13.1. The second-order valence-corrected chi connectivity index (χ2v) is 25.2. The molecule has 5 aromatic heterocycles. The first-order chi connectivity index (χ1) is 55.3. The normalized spacial score (nSPS) is 10.2. The van der Waals surface area contributed by atoms with Crippen LogP contribution in [0.4, 0.5) is 87.0 Å². The first kappa shape index (κ1) is 93.5. The molecule has 0 aliphatic rings. The first-order valence-corrected chi connectivity index (χ1v) is 37.6. The fraction of sp³-hybridized carbons (Fsp3) is 0.298. The molecule has 31 heteroatoms. The van der Waals surface area contributed by atoms with Crippen molar-refractivity contribution in [1.82, 2.24) is 20.3 Å². The van der Waals surface area contributed by atoms with Crippen LogP contribution in [-0.2, 0) is 51.7 Å². The van der Waals surface area contributed by atoms with Gasteiger partial charge in [0, 0.05) is 103 Å². The fourth-order valence-electron chi connectivity index (χ4n) is 10.7. The molecule has 0 unspecified atom stereocenters. The number of nitrogens with zero attached hydrogens (tertiary/aromatic N) is 12. The summed E-state index contributed by atoms with van der Waals surface area (Å²) in [5.74, 6) is 0.829. The van der Waals surface area contributed by atoms with Crippen molar-refractivity contribution in [2.75, 3.05) is 120 Å². The summed E-state index contributed by atoms with van der Waals surface area (Å²) in [5.41, 5.74) is 6.97. The summed E-state index contributed by atoms with van der Waals surface area (Å²) in [6, 6.07) is 46.6. The Morgan fingerprint density at radius 1 is 0.400 bits per heavy atom. The molecule has 24 nitrogen and oxygen atoms in total. The van der Waals surface area contributed by atoms with Crippen LogP contribution < -0.4 is 54.4 Å². The van der Waals surface area contributed by atoms with Gasteiger partial charge in [0.05, 0.1) is 67.7 Å². The van der Waals surface area contributed by atoms with Crippen LogP contribution in [0.25, 0.3) is 0 Å². The molecule has 5 aromatic carbocycles. The number of benzene rings is 5. The summed E-state index contributed by atoms with van der Waals surface area (Å²) in [5, 5.41) is 28.4. The van der Waals surface area contributed by atoms with Crippen molar-refractivity contribution in [3.63, 3.8) is 0 Å². The van der Waals surface area contributed by atoms with Crippen molar-refractivity contribution in [3.05, 3.63) is 285 Å². The molecule has 3 N–H and O–H groups in total. The van der Waals surface area contributed by atoms with Gasteiger partial charge < -0.3 is 49.8 Å². The molecular formula is C84H100Cl2F5N14O10+. The third-order valence-electron chi connectivity index (χ3n) is 16.9. The van der Waals surface area contributed by atoms with Gasteiger partial charge in [-0.1, -0.05) is 48.4 Å². The zero-order valence-electron chi connectivity index (χ0n) is 66.5. The molecule has 0 bridgehead atoms. The summed E-state index contributed by atoms with van der Waals surface area (Å²) in [4.78, 5) is 72.5. The smallest absolute Gasteiger partial charge is 0.414 e. The molecule has 0 radical (unpaired) electrons. The van der Waals surface area contributed by atoms with Crippen LogP contribution in [0.1, 0.15) is 83.2 Å². The van der Waals surface area contributed by atoms with Gasteiger partial charge in [0.15, 0.2) is 6.20 Å². The molecular weight excluding hydrogens is 1530 g/mol. The van der Waals surface area contributed by atoms with Crippen molar-refractivity contribution in [2.45, 2.75) is 88.1 Å². The molecule has 5 heterocycles. The van der Waals surface area contributed by atoms with Crippen molar-refractivity contribution in [3.8, 4) is 0 Å². The van der Waals surface area contributed by atoms with Crippen LogP contribution in [0.5, 0.6) is 0 Å². The van der Waals surface area contributed by atoms with Gasteiger partial charge in [-0.05, 0) is 235 Å². The number of anilines is 8. The van der Waals surface area contributed by atoms with Gasteiger partial charge in [0.2, 0.25) is 0 Å². The summed E-state index contributed by atoms with van der Waals surface area (Å²) in [7, 11) is 5.14. The van der Waals surface area contributed by atoms with Crippen molar-refractivity contribution >= 4 is 93.5 Å².